The SMILES string of the molecule is CCCCN(CC)CCNCCCCOCC. The Hall–Kier alpha value is -0.120. The Morgan fingerprint density at radius 2 is 1.76 bits per heavy atom. The molecule has 0 aromatic heterocycles. The Bertz CT molecular complexity index is 142. The number of unbranched alkanes of at least 4 members (excludes halogenated alkanes) is 2. The normalized spacial score (nSPS) is 11.3. The Morgan fingerprint density at radius 1 is 0.941 bits per heavy atom. The van der Waals surface area contributed by atoms with E-state index in [1.165, 1.54) is 45.3 Å². The molecule has 0 rings (SSSR count). The van der Waals surface area contributed by atoms with Gasteiger partial charge in [0.15, 0.2) is 0 Å². The van der Waals surface area contributed by atoms with Crippen LogP contribution >= 0.6 is 0 Å². The predicted molar refractivity (Wildman–Crippen MR) is 75.6 cm³/mol. The van der Waals surface area contributed by atoms with Crippen molar-refractivity contribution >= 4 is 0 Å². The maximum absolute atomic E-state index is 5.30. The summed E-state index contributed by atoms with van der Waals surface area (Å²) in [5, 5.41) is 3.51. The van der Waals surface area contributed by atoms with Gasteiger partial charge in [0.1, 0.15) is 0 Å². The molecule has 0 saturated heterocycles. The lowest BCUT2D eigenvalue weighted by molar-refractivity contribution is 0.143. The van der Waals surface area contributed by atoms with Crippen molar-refractivity contribution in [1.29, 1.82) is 0 Å². The van der Waals surface area contributed by atoms with Crippen LogP contribution in [0.5, 0.6) is 0 Å². The zero-order chi connectivity index (χ0) is 12.8. The fourth-order valence-electron chi connectivity index (χ4n) is 1.77. The van der Waals surface area contributed by atoms with Crippen LogP contribution < -0.4 is 5.32 Å². The number of likely N-dealkylation sites (N-methyl/N-ethyl adjacent to an activating group) is 1. The van der Waals surface area contributed by atoms with Crippen LogP contribution in [0.25, 0.3) is 0 Å². The lowest BCUT2D eigenvalue weighted by atomic mass is 10.3. The first-order valence-corrected chi connectivity index (χ1v) is 7.35. The molecular weight excluding hydrogens is 212 g/mol. The molecule has 0 heterocycles. The van der Waals surface area contributed by atoms with Crippen LogP contribution in [-0.4, -0.2) is 50.8 Å². The summed E-state index contributed by atoms with van der Waals surface area (Å²) in [5.41, 5.74) is 0. The minimum absolute atomic E-state index is 0.844. The van der Waals surface area contributed by atoms with Crippen LogP contribution in [0.2, 0.25) is 0 Å². The van der Waals surface area contributed by atoms with Crippen molar-refractivity contribution in [3.05, 3.63) is 0 Å². The highest BCUT2D eigenvalue weighted by molar-refractivity contribution is 4.58. The fraction of sp³-hybridized carbons (Fsp3) is 1.00. The van der Waals surface area contributed by atoms with E-state index in [2.05, 4.69) is 24.1 Å². The summed E-state index contributed by atoms with van der Waals surface area (Å²) < 4.78 is 5.30. The van der Waals surface area contributed by atoms with Crippen molar-refractivity contribution in [1.82, 2.24) is 10.2 Å². The van der Waals surface area contributed by atoms with Gasteiger partial charge in [-0.15, -0.1) is 0 Å². The first kappa shape index (κ1) is 16.9. The lowest BCUT2D eigenvalue weighted by Gasteiger charge is -2.20. The molecule has 0 amide bonds. The van der Waals surface area contributed by atoms with Crippen molar-refractivity contribution < 1.29 is 4.74 Å². The van der Waals surface area contributed by atoms with E-state index in [-0.39, 0.29) is 0 Å². The summed E-state index contributed by atoms with van der Waals surface area (Å²) in [6, 6.07) is 0. The highest BCUT2D eigenvalue weighted by Crippen LogP contribution is 1.93. The zero-order valence-electron chi connectivity index (χ0n) is 12.1. The smallest absolute Gasteiger partial charge is 0.0466 e. The van der Waals surface area contributed by atoms with E-state index >= 15 is 0 Å². The van der Waals surface area contributed by atoms with Crippen LogP contribution in [0.1, 0.15) is 46.5 Å². The van der Waals surface area contributed by atoms with E-state index in [1.807, 2.05) is 6.92 Å². The molecular formula is C14H32N2O. The maximum atomic E-state index is 5.30. The van der Waals surface area contributed by atoms with Gasteiger partial charge in [-0.25, -0.2) is 0 Å². The second kappa shape index (κ2) is 13.9. The predicted octanol–water partition coefficient (Wildman–Crippen LogP) is 2.51. The van der Waals surface area contributed by atoms with Gasteiger partial charge in [0.05, 0.1) is 0 Å². The van der Waals surface area contributed by atoms with Gasteiger partial charge in [0, 0.05) is 26.3 Å². The third-order valence-corrected chi connectivity index (χ3v) is 2.98. The molecule has 0 atom stereocenters. The standard InChI is InChI=1S/C14H32N2O/c1-4-7-12-16(5-2)13-11-15-10-8-9-14-17-6-3/h15H,4-14H2,1-3H3. The molecule has 0 aliphatic carbocycles. The van der Waals surface area contributed by atoms with E-state index in [4.69, 9.17) is 4.74 Å². The lowest BCUT2D eigenvalue weighted by Crippen LogP contribution is -2.33. The molecule has 0 aromatic carbocycles. The van der Waals surface area contributed by atoms with Crippen LogP contribution in [0.4, 0.5) is 0 Å². The van der Waals surface area contributed by atoms with Gasteiger partial charge < -0.3 is 15.0 Å². The summed E-state index contributed by atoms with van der Waals surface area (Å²) in [6.07, 6.45) is 5.01. The molecule has 0 aliphatic heterocycles. The van der Waals surface area contributed by atoms with E-state index in [1.54, 1.807) is 0 Å². The van der Waals surface area contributed by atoms with Crippen molar-refractivity contribution in [3.63, 3.8) is 0 Å². The average molecular weight is 244 g/mol. The Labute approximate surface area is 108 Å². The van der Waals surface area contributed by atoms with E-state index in [9.17, 15) is 0 Å². The van der Waals surface area contributed by atoms with Crippen LogP contribution in [-0.2, 0) is 4.74 Å². The number of ether oxygens (including phenoxy) is 1. The van der Waals surface area contributed by atoms with Crippen molar-refractivity contribution in [2.45, 2.75) is 46.5 Å². The number of nitrogens with one attached hydrogen (secondary N) is 1. The molecule has 0 radical (unpaired) electrons. The van der Waals surface area contributed by atoms with Gasteiger partial charge >= 0.3 is 0 Å². The molecule has 0 aromatic rings. The Morgan fingerprint density at radius 3 is 2.41 bits per heavy atom. The molecule has 3 heteroatoms. The number of hydrogen-bond acceptors (Lipinski definition) is 3. The molecule has 1 N–H and O–H groups in total. The molecule has 0 saturated carbocycles. The van der Waals surface area contributed by atoms with Gasteiger partial charge in [0.25, 0.3) is 0 Å². The van der Waals surface area contributed by atoms with Gasteiger partial charge in [-0.2, -0.15) is 0 Å². The molecule has 0 spiro atoms. The second-order valence-electron chi connectivity index (χ2n) is 4.44. The minimum Gasteiger partial charge on any atom is -0.382 e. The summed E-state index contributed by atoms with van der Waals surface area (Å²) >= 11 is 0. The monoisotopic (exact) mass is 244 g/mol. The van der Waals surface area contributed by atoms with Gasteiger partial charge in [0.2, 0.25) is 0 Å². The van der Waals surface area contributed by atoms with E-state index in [0.717, 1.165) is 26.3 Å². The molecule has 104 valence electrons. The third kappa shape index (κ3) is 12.1. The fourth-order valence-corrected chi connectivity index (χ4v) is 1.77. The Kier molecular flexibility index (Phi) is 13.8. The van der Waals surface area contributed by atoms with Crippen LogP contribution in [0, 0.1) is 0 Å². The molecule has 0 aliphatic rings. The number of hydrogen-bond donors (Lipinski definition) is 1. The molecule has 3 nitrogen and oxygen atoms in total. The highest BCUT2D eigenvalue weighted by atomic mass is 16.5. The molecule has 0 fully saturated rings. The summed E-state index contributed by atoms with van der Waals surface area (Å²) in [6.45, 7) is 14.2. The summed E-state index contributed by atoms with van der Waals surface area (Å²) in [4.78, 5) is 2.52. The topological polar surface area (TPSA) is 24.5 Å². The van der Waals surface area contributed by atoms with Gasteiger partial charge in [-0.1, -0.05) is 20.3 Å². The van der Waals surface area contributed by atoms with Crippen LogP contribution in [0.3, 0.4) is 0 Å². The summed E-state index contributed by atoms with van der Waals surface area (Å²) in [7, 11) is 0. The zero-order valence-corrected chi connectivity index (χ0v) is 12.1. The van der Waals surface area contributed by atoms with Crippen molar-refractivity contribution in [2.75, 3.05) is 45.9 Å². The molecule has 0 bridgehead atoms. The van der Waals surface area contributed by atoms with Crippen LogP contribution in [0.15, 0.2) is 0 Å². The molecule has 0 unspecified atom stereocenters. The second-order valence-corrected chi connectivity index (χ2v) is 4.44. The number of rotatable bonds is 13. The van der Waals surface area contributed by atoms with Crippen molar-refractivity contribution in [3.8, 4) is 0 Å². The average Bonchev–Trinajstić information content (AvgIpc) is 2.36. The van der Waals surface area contributed by atoms with E-state index in [0.29, 0.717) is 0 Å². The first-order chi connectivity index (χ1) is 8.35. The van der Waals surface area contributed by atoms with Gasteiger partial charge in [-0.3, -0.25) is 0 Å². The first-order valence-electron chi connectivity index (χ1n) is 7.35. The number of nitrogens with zero attached hydrogens (tertiary/aromatic N) is 1. The molecule has 17 heavy (non-hydrogen) atoms. The third-order valence-electron chi connectivity index (χ3n) is 2.98. The van der Waals surface area contributed by atoms with E-state index < -0.39 is 0 Å². The Balaban J connectivity index is 3.19. The quantitative estimate of drug-likeness (QED) is 0.504. The minimum atomic E-state index is 0.844. The maximum Gasteiger partial charge on any atom is 0.0466 e. The van der Waals surface area contributed by atoms with Gasteiger partial charge in [-0.05, 0) is 45.8 Å². The summed E-state index contributed by atoms with van der Waals surface area (Å²) in [5.74, 6) is 0. The highest BCUT2D eigenvalue weighted by Gasteiger charge is 2.00. The van der Waals surface area contributed by atoms with Crippen molar-refractivity contribution in [2.24, 2.45) is 0 Å². The largest absolute Gasteiger partial charge is 0.382 e.